The van der Waals surface area contributed by atoms with E-state index in [2.05, 4.69) is 16.0 Å². The highest BCUT2D eigenvalue weighted by molar-refractivity contribution is 5.94. The SMILES string of the molecule is NC(=O)CCC(N)C(=O)NC(Cc1ccccc1)C(=O)NC(CO)C(=O)NC(Cc1ccc(O)cc1)C(=O)O. The number of aliphatic hydroxyl groups is 1. The monoisotopic (exact) mass is 543 g/mol. The Balaban J connectivity index is 2.12. The average Bonchev–Trinajstić information content (AvgIpc) is 2.90. The number of aliphatic carboxylic acids is 1. The van der Waals surface area contributed by atoms with Crippen LogP contribution in [-0.4, -0.2) is 75.7 Å². The predicted octanol–water partition coefficient (Wildman–Crippen LogP) is -1.70. The number of carbonyl (C=O) groups excluding carboxylic acids is 4. The quantitative estimate of drug-likeness (QED) is 0.128. The number of carboxylic acid groups (broad SMARTS) is 1. The van der Waals surface area contributed by atoms with Crippen molar-refractivity contribution in [2.75, 3.05) is 6.61 Å². The van der Waals surface area contributed by atoms with Crippen LogP contribution in [-0.2, 0) is 36.8 Å². The van der Waals surface area contributed by atoms with Gasteiger partial charge in [-0.2, -0.15) is 0 Å². The number of phenols is 1. The molecule has 10 N–H and O–H groups in total. The molecule has 4 unspecified atom stereocenters. The zero-order valence-corrected chi connectivity index (χ0v) is 21.1. The molecule has 0 fully saturated rings. The Bertz CT molecular complexity index is 1140. The standard InChI is InChI=1S/C26H33N5O8/c27-18(10-11-22(28)34)23(35)29-19(12-15-4-2-1-3-5-15)24(36)31-21(14-32)25(37)30-20(26(38)39)13-16-6-8-17(33)9-7-16/h1-9,18-21,32-33H,10-14,27H2,(H2,28,34)(H,29,35)(H,30,37)(H,31,36)(H,38,39). The number of aliphatic hydroxyl groups excluding tert-OH is 1. The highest BCUT2D eigenvalue weighted by atomic mass is 16.4. The lowest BCUT2D eigenvalue weighted by Crippen LogP contribution is -2.58. The van der Waals surface area contributed by atoms with Crippen molar-refractivity contribution >= 4 is 29.6 Å². The third kappa shape index (κ3) is 10.4. The zero-order valence-electron chi connectivity index (χ0n) is 21.1. The van der Waals surface area contributed by atoms with Gasteiger partial charge < -0.3 is 42.7 Å². The average molecular weight is 544 g/mol. The molecular formula is C26H33N5O8. The van der Waals surface area contributed by atoms with Gasteiger partial charge in [-0.1, -0.05) is 42.5 Å². The molecule has 13 heteroatoms. The van der Waals surface area contributed by atoms with Crippen LogP contribution in [0, 0.1) is 0 Å². The summed E-state index contributed by atoms with van der Waals surface area (Å²) in [6.07, 6.45) is -0.283. The van der Waals surface area contributed by atoms with Crippen LogP contribution in [0.4, 0.5) is 0 Å². The highest BCUT2D eigenvalue weighted by Gasteiger charge is 2.30. The van der Waals surface area contributed by atoms with E-state index in [0.717, 1.165) is 0 Å². The lowest BCUT2D eigenvalue weighted by atomic mass is 10.0. The number of primary amides is 1. The molecule has 0 spiro atoms. The fourth-order valence-corrected chi connectivity index (χ4v) is 3.57. The van der Waals surface area contributed by atoms with Crippen molar-refractivity contribution in [3.63, 3.8) is 0 Å². The second-order valence-corrected chi connectivity index (χ2v) is 8.88. The number of hydrogen-bond donors (Lipinski definition) is 8. The first-order chi connectivity index (χ1) is 18.5. The minimum atomic E-state index is -1.53. The fraction of sp³-hybridized carbons (Fsp3) is 0.346. The van der Waals surface area contributed by atoms with Crippen molar-refractivity contribution in [1.82, 2.24) is 16.0 Å². The van der Waals surface area contributed by atoms with Crippen LogP contribution in [0.15, 0.2) is 54.6 Å². The van der Waals surface area contributed by atoms with Gasteiger partial charge in [0, 0.05) is 19.3 Å². The van der Waals surface area contributed by atoms with Crippen LogP contribution in [0.5, 0.6) is 5.75 Å². The van der Waals surface area contributed by atoms with E-state index in [0.29, 0.717) is 11.1 Å². The summed E-state index contributed by atoms with van der Waals surface area (Å²) in [5, 5.41) is 35.9. The van der Waals surface area contributed by atoms with Gasteiger partial charge in [-0.3, -0.25) is 19.2 Å². The smallest absolute Gasteiger partial charge is 0.326 e. The third-order valence-electron chi connectivity index (χ3n) is 5.76. The summed E-state index contributed by atoms with van der Waals surface area (Å²) in [4.78, 5) is 61.2. The molecule has 0 saturated carbocycles. The molecule has 0 aliphatic heterocycles. The van der Waals surface area contributed by atoms with Gasteiger partial charge in [0.25, 0.3) is 0 Å². The third-order valence-corrected chi connectivity index (χ3v) is 5.76. The van der Waals surface area contributed by atoms with Crippen molar-refractivity contribution < 1.29 is 39.3 Å². The van der Waals surface area contributed by atoms with E-state index in [1.165, 1.54) is 24.3 Å². The van der Waals surface area contributed by atoms with Gasteiger partial charge >= 0.3 is 5.97 Å². The number of rotatable bonds is 15. The first kappa shape index (κ1) is 30.7. The number of hydrogen-bond acceptors (Lipinski definition) is 8. The molecule has 2 rings (SSSR count). The van der Waals surface area contributed by atoms with Crippen molar-refractivity contribution in [1.29, 1.82) is 0 Å². The van der Waals surface area contributed by atoms with E-state index in [9.17, 15) is 39.3 Å². The fourth-order valence-electron chi connectivity index (χ4n) is 3.57. The highest BCUT2D eigenvalue weighted by Crippen LogP contribution is 2.12. The first-order valence-corrected chi connectivity index (χ1v) is 12.1. The lowest BCUT2D eigenvalue weighted by molar-refractivity contribution is -0.142. The second-order valence-electron chi connectivity index (χ2n) is 8.88. The normalized spacial score (nSPS) is 13.8. The van der Waals surface area contributed by atoms with Gasteiger partial charge in [-0.15, -0.1) is 0 Å². The molecule has 0 aliphatic rings. The predicted molar refractivity (Wildman–Crippen MR) is 139 cm³/mol. The number of carbonyl (C=O) groups is 5. The molecular weight excluding hydrogens is 510 g/mol. The first-order valence-electron chi connectivity index (χ1n) is 12.1. The van der Waals surface area contributed by atoms with Crippen molar-refractivity contribution in [3.05, 3.63) is 65.7 Å². The summed E-state index contributed by atoms with van der Waals surface area (Å²) in [5.41, 5.74) is 12.1. The van der Waals surface area contributed by atoms with Crippen LogP contribution in [0.1, 0.15) is 24.0 Å². The van der Waals surface area contributed by atoms with Gasteiger partial charge in [0.2, 0.25) is 23.6 Å². The number of amides is 4. The topological polar surface area (TPSA) is 234 Å². The molecule has 0 aromatic heterocycles. The molecule has 2 aromatic rings. The van der Waals surface area contributed by atoms with Crippen LogP contribution >= 0.6 is 0 Å². The summed E-state index contributed by atoms with van der Waals surface area (Å²) in [5.74, 6) is -4.51. The van der Waals surface area contributed by atoms with Crippen LogP contribution in [0.2, 0.25) is 0 Å². The van der Waals surface area contributed by atoms with Gasteiger partial charge in [0.1, 0.15) is 23.9 Å². The Morgan fingerprint density at radius 1 is 0.744 bits per heavy atom. The number of phenolic OH excluding ortho intramolecular Hbond substituents is 1. The number of nitrogens with one attached hydrogen (secondary N) is 3. The summed E-state index contributed by atoms with van der Waals surface area (Å²) >= 11 is 0. The number of carboxylic acids is 1. The van der Waals surface area contributed by atoms with Gasteiger partial charge in [0.05, 0.1) is 12.6 Å². The van der Waals surface area contributed by atoms with Gasteiger partial charge in [-0.05, 0) is 29.7 Å². The molecule has 210 valence electrons. The zero-order chi connectivity index (χ0) is 28.9. The number of nitrogens with two attached hydrogens (primary N) is 2. The van der Waals surface area contributed by atoms with Crippen LogP contribution in [0.3, 0.4) is 0 Å². The Labute approximate surface area is 224 Å². The largest absolute Gasteiger partial charge is 0.508 e. The summed E-state index contributed by atoms with van der Waals surface area (Å²) in [6.45, 7) is -0.854. The Morgan fingerprint density at radius 3 is 1.82 bits per heavy atom. The Kier molecular flexibility index (Phi) is 11.9. The molecule has 0 heterocycles. The molecule has 0 saturated heterocycles. The molecule has 0 bridgehead atoms. The van der Waals surface area contributed by atoms with Crippen LogP contribution in [0.25, 0.3) is 0 Å². The van der Waals surface area contributed by atoms with Crippen molar-refractivity contribution in [3.8, 4) is 5.75 Å². The minimum Gasteiger partial charge on any atom is -0.508 e. The van der Waals surface area contributed by atoms with E-state index >= 15 is 0 Å². The number of benzene rings is 2. The minimum absolute atomic E-state index is 0.0105. The Hall–Kier alpha value is -4.49. The maximum atomic E-state index is 13.1. The maximum absolute atomic E-state index is 13.1. The van der Waals surface area contributed by atoms with Crippen molar-refractivity contribution in [2.24, 2.45) is 11.5 Å². The van der Waals surface area contributed by atoms with Crippen LogP contribution < -0.4 is 27.4 Å². The molecule has 4 atom stereocenters. The maximum Gasteiger partial charge on any atom is 0.326 e. The van der Waals surface area contributed by atoms with E-state index < -0.39 is 60.4 Å². The Morgan fingerprint density at radius 2 is 1.26 bits per heavy atom. The summed E-state index contributed by atoms with van der Waals surface area (Å²) < 4.78 is 0. The molecule has 4 amide bonds. The second kappa shape index (κ2) is 15.1. The molecule has 0 aliphatic carbocycles. The van der Waals surface area contributed by atoms with E-state index in [1.807, 2.05) is 0 Å². The molecule has 13 nitrogen and oxygen atoms in total. The molecule has 39 heavy (non-hydrogen) atoms. The van der Waals surface area contributed by atoms with Gasteiger partial charge in [-0.25, -0.2) is 4.79 Å². The van der Waals surface area contributed by atoms with E-state index in [-0.39, 0.29) is 31.4 Å². The summed E-state index contributed by atoms with van der Waals surface area (Å²) in [7, 11) is 0. The van der Waals surface area contributed by atoms with E-state index in [4.69, 9.17) is 11.5 Å². The summed E-state index contributed by atoms with van der Waals surface area (Å²) in [6, 6.07) is 9.12. The van der Waals surface area contributed by atoms with Crippen molar-refractivity contribution in [2.45, 2.75) is 49.9 Å². The van der Waals surface area contributed by atoms with E-state index in [1.54, 1.807) is 30.3 Å². The number of aromatic hydroxyl groups is 1. The lowest BCUT2D eigenvalue weighted by Gasteiger charge is -2.24. The van der Waals surface area contributed by atoms with Gasteiger partial charge in [0.15, 0.2) is 0 Å². The molecule has 0 radical (unpaired) electrons. The molecule has 2 aromatic carbocycles.